The summed E-state index contributed by atoms with van der Waals surface area (Å²) in [5.41, 5.74) is 3.37. The highest BCUT2D eigenvalue weighted by Gasteiger charge is 2.37. The van der Waals surface area contributed by atoms with Crippen molar-refractivity contribution in [3.8, 4) is 0 Å². The lowest BCUT2D eigenvalue weighted by Gasteiger charge is -2.44. The van der Waals surface area contributed by atoms with Crippen LogP contribution in [0.4, 0.5) is 0 Å². The number of nitrogens with zero attached hydrogens (tertiary/aromatic N) is 1. The summed E-state index contributed by atoms with van der Waals surface area (Å²) in [7, 11) is 0. The van der Waals surface area contributed by atoms with Gasteiger partial charge in [0.1, 0.15) is 0 Å². The Balaban J connectivity index is 1.46. The van der Waals surface area contributed by atoms with Gasteiger partial charge >= 0.3 is 0 Å². The quantitative estimate of drug-likeness (QED) is 0.811. The van der Waals surface area contributed by atoms with E-state index in [4.69, 9.17) is 0 Å². The van der Waals surface area contributed by atoms with Crippen molar-refractivity contribution in [1.29, 1.82) is 0 Å². The van der Waals surface area contributed by atoms with Crippen LogP contribution in [0.3, 0.4) is 0 Å². The van der Waals surface area contributed by atoms with E-state index >= 15 is 0 Å². The number of hydrogen-bond acceptors (Lipinski definition) is 2. The lowest BCUT2D eigenvalue weighted by Crippen LogP contribution is -2.49. The number of piperidine rings is 2. The van der Waals surface area contributed by atoms with E-state index in [0.29, 0.717) is 11.3 Å². The Morgan fingerprint density at radius 2 is 2.14 bits per heavy atom. The molecule has 1 spiro atoms. The molecule has 2 fully saturated rings. The first kappa shape index (κ1) is 15.8. The van der Waals surface area contributed by atoms with E-state index in [-0.39, 0.29) is 5.91 Å². The highest BCUT2D eigenvalue weighted by Crippen LogP contribution is 2.38. The van der Waals surface area contributed by atoms with Crippen LogP contribution in [0, 0.1) is 11.3 Å². The summed E-state index contributed by atoms with van der Waals surface area (Å²) in [5, 5.41) is 3.08. The number of amides is 1. The summed E-state index contributed by atoms with van der Waals surface area (Å²) in [5.74, 6) is 0.951. The van der Waals surface area contributed by atoms with Gasteiger partial charge in [-0.2, -0.15) is 0 Å². The molecule has 0 unspecified atom stereocenters. The van der Waals surface area contributed by atoms with Gasteiger partial charge in [0.25, 0.3) is 0 Å². The van der Waals surface area contributed by atoms with Gasteiger partial charge in [-0.05, 0) is 69.9 Å². The van der Waals surface area contributed by atoms with Crippen LogP contribution in [0.5, 0.6) is 0 Å². The Labute approximate surface area is 134 Å². The van der Waals surface area contributed by atoms with Crippen LogP contribution >= 0.6 is 0 Å². The molecule has 3 heteroatoms. The summed E-state index contributed by atoms with van der Waals surface area (Å²) >= 11 is 0. The fourth-order valence-electron chi connectivity index (χ4n) is 4.22. The van der Waals surface area contributed by atoms with Crippen molar-refractivity contribution in [1.82, 2.24) is 10.2 Å². The lowest BCUT2D eigenvalue weighted by atomic mass is 9.73. The van der Waals surface area contributed by atoms with E-state index in [0.717, 1.165) is 25.9 Å². The van der Waals surface area contributed by atoms with E-state index in [1.807, 2.05) is 0 Å². The maximum atomic E-state index is 11.4. The third-order valence-electron chi connectivity index (χ3n) is 6.09. The molecule has 1 aliphatic carbocycles. The number of hydrogen-bond donors (Lipinski definition) is 1. The van der Waals surface area contributed by atoms with Gasteiger partial charge in [-0.3, -0.25) is 9.69 Å². The molecule has 0 aromatic rings. The van der Waals surface area contributed by atoms with Gasteiger partial charge in [0.15, 0.2) is 0 Å². The Morgan fingerprint density at radius 3 is 2.68 bits per heavy atom. The molecule has 3 aliphatic rings. The molecule has 1 amide bonds. The first-order chi connectivity index (χ1) is 10.6. The minimum atomic E-state index is 0.243. The molecule has 2 aliphatic heterocycles. The highest BCUT2D eigenvalue weighted by molar-refractivity contribution is 5.76. The zero-order chi connectivity index (χ0) is 15.6. The molecule has 2 saturated heterocycles. The SMILES string of the molecule is C=C(C)[C@@H]1CC=C(CN2CCC3(CCC(=O)NC3)CC2)CC1. The maximum absolute atomic E-state index is 11.4. The predicted octanol–water partition coefficient (Wildman–Crippen LogP) is 3.28. The summed E-state index contributed by atoms with van der Waals surface area (Å²) in [4.78, 5) is 14.0. The molecule has 0 radical (unpaired) electrons. The van der Waals surface area contributed by atoms with Crippen LogP contribution in [-0.4, -0.2) is 37.0 Å². The van der Waals surface area contributed by atoms with Crippen LogP contribution in [0.25, 0.3) is 0 Å². The second-order valence-corrected chi connectivity index (χ2v) is 7.73. The van der Waals surface area contributed by atoms with Gasteiger partial charge in [0, 0.05) is 19.5 Å². The van der Waals surface area contributed by atoms with E-state index in [1.54, 1.807) is 5.57 Å². The minimum absolute atomic E-state index is 0.243. The van der Waals surface area contributed by atoms with Gasteiger partial charge < -0.3 is 5.32 Å². The molecule has 1 atom stereocenters. The van der Waals surface area contributed by atoms with Crippen molar-refractivity contribution < 1.29 is 4.79 Å². The van der Waals surface area contributed by atoms with Crippen molar-refractivity contribution in [3.63, 3.8) is 0 Å². The number of allylic oxidation sites excluding steroid dienone is 2. The molecule has 3 rings (SSSR count). The topological polar surface area (TPSA) is 32.3 Å². The molecule has 0 bridgehead atoms. The van der Waals surface area contributed by atoms with Crippen LogP contribution in [0.15, 0.2) is 23.8 Å². The van der Waals surface area contributed by atoms with Crippen molar-refractivity contribution in [2.75, 3.05) is 26.2 Å². The van der Waals surface area contributed by atoms with Crippen molar-refractivity contribution in [2.24, 2.45) is 11.3 Å². The van der Waals surface area contributed by atoms with Gasteiger partial charge in [0.2, 0.25) is 5.91 Å². The van der Waals surface area contributed by atoms with Gasteiger partial charge in [-0.25, -0.2) is 0 Å². The Morgan fingerprint density at radius 1 is 1.36 bits per heavy atom. The average Bonchev–Trinajstić information content (AvgIpc) is 2.53. The van der Waals surface area contributed by atoms with E-state index in [9.17, 15) is 4.79 Å². The van der Waals surface area contributed by atoms with Gasteiger partial charge in [-0.15, -0.1) is 0 Å². The Bertz CT molecular complexity index is 460. The second kappa shape index (κ2) is 6.57. The largest absolute Gasteiger partial charge is 0.356 e. The smallest absolute Gasteiger partial charge is 0.220 e. The third kappa shape index (κ3) is 3.62. The molecular formula is C19H30N2O. The fourth-order valence-corrected chi connectivity index (χ4v) is 4.22. The first-order valence-electron chi connectivity index (χ1n) is 8.89. The molecule has 22 heavy (non-hydrogen) atoms. The fraction of sp³-hybridized carbons (Fsp3) is 0.737. The molecule has 1 N–H and O–H groups in total. The monoisotopic (exact) mass is 302 g/mol. The molecule has 3 nitrogen and oxygen atoms in total. The van der Waals surface area contributed by atoms with E-state index in [2.05, 4.69) is 29.8 Å². The summed E-state index contributed by atoms with van der Waals surface area (Å²) in [6.45, 7) is 10.7. The van der Waals surface area contributed by atoms with Crippen LogP contribution in [0.2, 0.25) is 0 Å². The first-order valence-corrected chi connectivity index (χ1v) is 8.89. The summed E-state index contributed by atoms with van der Waals surface area (Å²) in [6, 6.07) is 0. The second-order valence-electron chi connectivity index (χ2n) is 7.73. The van der Waals surface area contributed by atoms with Crippen molar-refractivity contribution >= 4 is 5.91 Å². The number of nitrogens with one attached hydrogen (secondary N) is 1. The van der Waals surface area contributed by atoms with Gasteiger partial charge in [-0.1, -0.05) is 23.8 Å². The average molecular weight is 302 g/mol. The number of carbonyl (C=O) groups is 1. The normalized spacial score (nSPS) is 29.0. The minimum Gasteiger partial charge on any atom is -0.356 e. The molecular weight excluding hydrogens is 272 g/mol. The lowest BCUT2D eigenvalue weighted by molar-refractivity contribution is -0.125. The van der Waals surface area contributed by atoms with Crippen molar-refractivity contribution in [2.45, 2.75) is 51.9 Å². The van der Waals surface area contributed by atoms with Gasteiger partial charge in [0.05, 0.1) is 0 Å². The molecule has 0 saturated carbocycles. The number of rotatable bonds is 3. The molecule has 2 heterocycles. The van der Waals surface area contributed by atoms with E-state index in [1.165, 1.54) is 50.8 Å². The highest BCUT2D eigenvalue weighted by atomic mass is 16.1. The number of likely N-dealkylation sites (tertiary alicyclic amines) is 1. The van der Waals surface area contributed by atoms with Crippen molar-refractivity contribution in [3.05, 3.63) is 23.8 Å². The predicted molar refractivity (Wildman–Crippen MR) is 90.6 cm³/mol. The zero-order valence-corrected chi connectivity index (χ0v) is 14.0. The standard InChI is InChI=1S/C19H30N2O/c1-15(2)17-5-3-16(4-6-17)13-21-11-9-19(10-12-21)8-7-18(22)20-14-19/h3,17H,1,4-14H2,2H3,(H,20,22)/t17-/m1/s1. The summed E-state index contributed by atoms with van der Waals surface area (Å²) < 4.78 is 0. The number of carbonyl (C=O) groups excluding carboxylic acids is 1. The Kier molecular flexibility index (Phi) is 4.72. The summed E-state index contributed by atoms with van der Waals surface area (Å²) in [6.07, 6.45) is 10.5. The maximum Gasteiger partial charge on any atom is 0.220 e. The molecule has 0 aromatic heterocycles. The van der Waals surface area contributed by atoms with Crippen LogP contribution in [0.1, 0.15) is 51.9 Å². The van der Waals surface area contributed by atoms with Crippen LogP contribution < -0.4 is 5.32 Å². The third-order valence-corrected chi connectivity index (χ3v) is 6.09. The van der Waals surface area contributed by atoms with E-state index < -0.39 is 0 Å². The zero-order valence-electron chi connectivity index (χ0n) is 14.0. The Hall–Kier alpha value is -1.09. The molecule has 122 valence electrons. The van der Waals surface area contributed by atoms with Crippen LogP contribution in [-0.2, 0) is 4.79 Å². The molecule has 0 aromatic carbocycles.